The van der Waals surface area contributed by atoms with Crippen LogP contribution in [0.1, 0.15) is 0 Å². The lowest BCUT2D eigenvalue weighted by Gasteiger charge is -1.87. The van der Waals surface area contributed by atoms with Gasteiger partial charge in [-0.2, -0.15) is 0 Å². The summed E-state index contributed by atoms with van der Waals surface area (Å²) >= 11 is 0. The van der Waals surface area contributed by atoms with Crippen LogP contribution in [0.4, 0.5) is 0 Å². The van der Waals surface area contributed by atoms with Gasteiger partial charge in [0.2, 0.25) is 0 Å². The Morgan fingerprint density at radius 3 is 3.12 bits per heavy atom. The van der Waals surface area contributed by atoms with Crippen molar-refractivity contribution in [1.29, 1.82) is 0 Å². The lowest BCUT2D eigenvalue weighted by Crippen LogP contribution is -2.08. The van der Waals surface area contributed by atoms with Gasteiger partial charge in [0, 0.05) is 0 Å². The second-order valence-electron chi connectivity index (χ2n) is 1.000. The van der Waals surface area contributed by atoms with Crippen molar-refractivity contribution in [2.24, 2.45) is 0 Å². The molecule has 0 saturated carbocycles. The lowest BCUT2D eigenvalue weighted by molar-refractivity contribution is -0.130. The number of carbonyl (C=O) groups is 1. The van der Waals surface area contributed by atoms with E-state index in [9.17, 15) is 4.79 Å². The maximum absolute atomic E-state index is 9.56. The van der Waals surface area contributed by atoms with E-state index in [0.717, 1.165) is 4.85 Å². The van der Waals surface area contributed by atoms with Gasteiger partial charge in [0.15, 0.2) is 6.33 Å². The molecule has 0 aliphatic rings. The molecule has 42 valence electrons. The summed E-state index contributed by atoms with van der Waals surface area (Å²) in [6.07, 6.45) is 2.54. The minimum Gasteiger partial charge on any atom is -0.321 e. The first-order chi connectivity index (χ1) is 3.93. The van der Waals surface area contributed by atoms with E-state index in [-0.39, 0.29) is 6.47 Å². The SMILES string of the molecule is O=COn1cncn1. The second kappa shape index (κ2) is 2.06. The number of nitrogens with zero attached hydrogens (tertiary/aromatic N) is 3. The highest BCUT2D eigenvalue weighted by Gasteiger charge is 1.83. The summed E-state index contributed by atoms with van der Waals surface area (Å²) < 4.78 is 0. The minimum atomic E-state index is 0.272. The Labute approximate surface area is 44.9 Å². The van der Waals surface area contributed by atoms with Gasteiger partial charge < -0.3 is 4.84 Å². The van der Waals surface area contributed by atoms with E-state index in [1.165, 1.54) is 12.7 Å². The molecule has 5 nitrogen and oxygen atoms in total. The molecule has 0 radical (unpaired) electrons. The first-order valence-electron chi connectivity index (χ1n) is 1.89. The van der Waals surface area contributed by atoms with Crippen molar-refractivity contribution < 1.29 is 9.63 Å². The predicted molar refractivity (Wildman–Crippen MR) is 22.7 cm³/mol. The standard InChI is InChI=1S/C3H3N3O2/c7-3-8-6-2-4-1-5-6/h1-3H. The average molecular weight is 113 g/mol. The van der Waals surface area contributed by atoms with Crippen molar-refractivity contribution in [3.8, 4) is 0 Å². The van der Waals surface area contributed by atoms with E-state index in [1.807, 2.05) is 0 Å². The summed E-state index contributed by atoms with van der Waals surface area (Å²) in [5, 5.41) is 3.46. The van der Waals surface area contributed by atoms with Gasteiger partial charge in [-0.1, -0.05) is 4.85 Å². The molecule has 0 aromatic carbocycles. The van der Waals surface area contributed by atoms with Gasteiger partial charge in [-0.15, -0.1) is 5.10 Å². The smallest absolute Gasteiger partial charge is 0.321 e. The molecule has 1 aromatic rings. The van der Waals surface area contributed by atoms with E-state index in [1.54, 1.807) is 0 Å². The van der Waals surface area contributed by atoms with Gasteiger partial charge in [0.05, 0.1) is 0 Å². The molecular formula is C3H3N3O2. The molecule has 0 amide bonds. The number of hydrogen-bond acceptors (Lipinski definition) is 4. The summed E-state index contributed by atoms with van der Waals surface area (Å²) in [5.41, 5.74) is 0. The zero-order valence-electron chi connectivity index (χ0n) is 3.89. The first kappa shape index (κ1) is 4.76. The summed E-state index contributed by atoms with van der Waals surface area (Å²) in [5.74, 6) is 0. The molecule has 0 saturated heterocycles. The molecule has 5 heteroatoms. The molecule has 0 unspecified atom stereocenters. The van der Waals surface area contributed by atoms with Crippen LogP contribution in [-0.4, -0.2) is 21.4 Å². The number of carbonyl (C=O) groups excluding carboxylic acids is 1. The molecule has 1 rings (SSSR count). The second-order valence-corrected chi connectivity index (χ2v) is 1.000. The summed E-state index contributed by atoms with van der Waals surface area (Å²) in [7, 11) is 0. The van der Waals surface area contributed by atoms with Crippen molar-refractivity contribution in [2.75, 3.05) is 0 Å². The van der Waals surface area contributed by atoms with Crippen LogP contribution in [0.3, 0.4) is 0 Å². The van der Waals surface area contributed by atoms with Crippen LogP contribution in [0.25, 0.3) is 0 Å². The highest BCUT2D eigenvalue weighted by Crippen LogP contribution is 1.68. The van der Waals surface area contributed by atoms with Crippen LogP contribution in [0.5, 0.6) is 0 Å². The van der Waals surface area contributed by atoms with E-state index in [4.69, 9.17) is 0 Å². The Balaban J connectivity index is 2.62. The molecule has 0 N–H and O–H groups in total. The largest absolute Gasteiger partial charge is 0.323 e. The van der Waals surface area contributed by atoms with Crippen LogP contribution in [0, 0.1) is 0 Å². The summed E-state index contributed by atoms with van der Waals surface area (Å²) in [6, 6.07) is 0. The van der Waals surface area contributed by atoms with E-state index in [0.29, 0.717) is 0 Å². The molecule has 0 bridgehead atoms. The van der Waals surface area contributed by atoms with Crippen LogP contribution >= 0.6 is 0 Å². The van der Waals surface area contributed by atoms with Gasteiger partial charge in [-0.05, 0) is 0 Å². The van der Waals surface area contributed by atoms with Gasteiger partial charge in [-0.3, -0.25) is 4.79 Å². The van der Waals surface area contributed by atoms with Crippen molar-refractivity contribution in [3.63, 3.8) is 0 Å². The van der Waals surface area contributed by atoms with E-state index < -0.39 is 0 Å². The number of rotatable bonds is 2. The molecule has 8 heavy (non-hydrogen) atoms. The monoisotopic (exact) mass is 113 g/mol. The predicted octanol–water partition coefficient (Wildman–Crippen LogP) is -1.14. The Hall–Kier alpha value is -1.39. The van der Waals surface area contributed by atoms with Gasteiger partial charge in [-0.25, -0.2) is 4.98 Å². The number of aromatic nitrogens is 3. The van der Waals surface area contributed by atoms with Gasteiger partial charge >= 0.3 is 6.47 Å². The molecule has 0 aliphatic carbocycles. The van der Waals surface area contributed by atoms with Crippen LogP contribution in [-0.2, 0) is 4.79 Å². The van der Waals surface area contributed by atoms with Crippen molar-refractivity contribution in [2.45, 2.75) is 0 Å². The Morgan fingerprint density at radius 2 is 2.62 bits per heavy atom. The zero-order chi connectivity index (χ0) is 5.82. The molecule has 0 fully saturated rings. The first-order valence-corrected chi connectivity index (χ1v) is 1.89. The van der Waals surface area contributed by atoms with Gasteiger partial charge in [0.25, 0.3) is 0 Å². The molecule has 0 spiro atoms. The topological polar surface area (TPSA) is 57.0 Å². The molecule has 1 aromatic heterocycles. The van der Waals surface area contributed by atoms with Crippen LogP contribution in [0.2, 0.25) is 0 Å². The van der Waals surface area contributed by atoms with E-state index >= 15 is 0 Å². The Bertz CT molecular complexity index is 159. The quantitative estimate of drug-likeness (QED) is 0.455. The Kier molecular flexibility index (Phi) is 1.23. The van der Waals surface area contributed by atoms with Crippen molar-refractivity contribution in [3.05, 3.63) is 12.7 Å². The third kappa shape index (κ3) is 0.810. The summed E-state index contributed by atoms with van der Waals surface area (Å²) in [6.45, 7) is 0.272. The van der Waals surface area contributed by atoms with Crippen LogP contribution < -0.4 is 4.84 Å². The fourth-order valence-corrected chi connectivity index (χ4v) is 0.296. The fourth-order valence-electron chi connectivity index (χ4n) is 0.296. The highest BCUT2D eigenvalue weighted by molar-refractivity contribution is 5.36. The molecule has 0 atom stereocenters. The zero-order valence-corrected chi connectivity index (χ0v) is 3.89. The lowest BCUT2D eigenvalue weighted by atomic mass is 11.3. The third-order valence-electron chi connectivity index (χ3n) is 0.549. The average Bonchev–Trinajstić information content (AvgIpc) is 2.19. The van der Waals surface area contributed by atoms with Crippen molar-refractivity contribution >= 4 is 6.47 Å². The maximum Gasteiger partial charge on any atom is 0.323 e. The van der Waals surface area contributed by atoms with Crippen LogP contribution in [0.15, 0.2) is 12.7 Å². The van der Waals surface area contributed by atoms with Gasteiger partial charge in [0.1, 0.15) is 6.33 Å². The van der Waals surface area contributed by atoms with Crippen molar-refractivity contribution in [1.82, 2.24) is 14.9 Å². The highest BCUT2D eigenvalue weighted by atomic mass is 16.7. The molecule has 0 aliphatic heterocycles. The minimum absolute atomic E-state index is 0.272. The normalized spacial score (nSPS) is 8.50. The number of hydrogen-bond donors (Lipinski definition) is 0. The fraction of sp³-hybridized carbons (Fsp3) is 0. The van der Waals surface area contributed by atoms with E-state index in [2.05, 4.69) is 14.9 Å². The molecule has 1 heterocycles. The Morgan fingerprint density at radius 1 is 1.75 bits per heavy atom. The summed E-state index contributed by atoms with van der Waals surface area (Å²) in [4.78, 5) is 18.2. The maximum atomic E-state index is 9.56. The third-order valence-corrected chi connectivity index (χ3v) is 0.549. The molecular weight excluding hydrogens is 110 g/mol.